The van der Waals surface area contributed by atoms with E-state index in [0.717, 1.165) is 0 Å². The molecule has 5 aromatic rings. The van der Waals surface area contributed by atoms with Gasteiger partial charge in [0, 0.05) is 5.56 Å². The maximum absolute atomic E-state index is 14.0. The number of methoxy groups -OCH3 is 1. The van der Waals surface area contributed by atoms with E-state index in [-0.39, 0.29) is 31.1 Å². The van der Waals surface area contributed by atoms with E-state index in [0.29, 0.717) is 28.0 Å². The molecule has 2 saturated heterocycles. The monoisotopic (exact) mass is 593 g/mol. The quantitative estimate of drug-likeness (QED) is 0.240. The van der Waals surface area contributed by atoms with Gasteiger partial charge in [-0.25, -0.2) is 9.78 Å². The molecule has 3 aromatic carbocycles. The van der Waals surface area contributed by atoms with Crippen LogP contribution in [0.1, 0.15) is 26.9 Å². The van der Waals surface area contributed by atoms with Gasteiger partial charge in [-0.1, -0.05) is 54.6 Å². The minimum atomic E-state index is -0.726. The first-order valence-corrected chi connectivity index (χ1v) is 14.0. The maximum Gasteiger partial charge on any atom is 0.338 e. The molecule has 0 unspecified atom stereocenters. The number of anilines is 2. The van der Waals surface area contributed by atoms with E-state index in [2.05, 4.69) is 15.0 Å². The number of carbonyl (C=O) groups excluding carboxylic acids is 2. The normalized spacial score (nSPS) is 20.8. The topological polar surface area (TPSA) is 127 Å². The summed E-state index contributed by atoms with van der Waals surface area (Å²) in [7, 11) is 1.45. The molecule has 0 radical (unpaired) electrons. The fraction of sp³-hybridized carbons (Fsp3) is 0.219. The highest BCUT2D eigenvalue weighted by Gasteiger charge is 2.51. The van der Waals surface area contributed by atoms with Gasteiger partial charge in [-0.3, -0.25) is 14.3 Å². The Morgan fingerprint density at radius 3 is 2.25 bits per heavy atom. The highest BCUT2D eigenvalue weighted by molar-refractivity contribution is 6.13. The van der Waals surface area contributed by atoms with Gasteiger partial charge in [0.05, 0.1) is 24.7 Å². The van der Waals surface area contributed by atoms with E-state index in [1.165, 1.54) is 12.0 Å². The van der Waals surface area contributed by atoms with E-state index in [4.69, 9.17) is 23.7 Å². The molecule has 4 heterocycles. The van der Waals surface area contributed by atoms with Crippen molar-refractivity contribution in [2.75, 3.05) is 25.4 Å². The predicted molar refractivity (Wildman–Crippen MR) is 156 cm³/mol. The van der Waals surface area contributed by atoms with E-state index < -0.39 is 30.5 Å². The van der Waals surface area contributed by atoms with E-state index >= 15 is 0 Å². The molecule has 2 aromatic heterocycles. The molecule has 2 aliphatic rings. The Labute approximate surface area is 251 Å². The average Bonchev–Trinajstić information content (AvgIpc) is 3.81. The Hall–Kier alpha value is -5.17. The molecule has 0 spiro atoms. The van der Waals surface area contributed by atoms with Crippen LogP contribution < -0.4 is 9.64 Å². The van der Waals surface area contributed by atoms with Crippen molar-refractivity contribution in [3.8, 4) is 6.01 Å². The zero-order chi connectivity index (χ0) is 30.0. The summed E-state index contributed by atoms with van der Waals surface area (Å²) < 4.78 is 30.8. The first-order valence-electron chi connectivity index (χ1n) is 14.0. The number of rotatable bonds is 8. The summed E-state index contributed by atoms with van der Waals surface area (Å²) in [5.74, 6) is -0.539. The van der Waals surface area contributed by atoms with Gasteiger partial charge in [-0.2, -0.15) is 9.97 Å². The highest BCUT2D eigenvalue weighted by atomic mass is 16.7. The number of esters is 1. The van der Waals surface area contributed by atoms with Crippen LogP contribution in [-0.2, 0) is 18.9 Å². The van der Waals surface area contributed by atoms with Gasteiger partial charge in [-0.05, 0) is 36.4 Å². The maximum atomic E-state index is 14.0. The Kier molecular flexibility index (Phi) is 7.44. The smallest absolute Gasteiger partial charge is 0.338 e. The summed E-state index contributed by atoms with van der Waals surface area (Å²) in [4.78, 5) is 41.9. The lowest BCUT2D eigenvalue weighted by Crippen LogP contribution is -2.32. The second kappa shape index (κ2) is 11.8. The number of nitrogens with zero attached hydrogens (tertiary/aromatic N) is 5. The van der Waals surface area contributed by atoms with Gasteiger partial charge in [0.25, 0.3) is 5.91 Å². The van der Waals surface area contributed by atoms with E-state index in [1.54, 1.807) is 59.4 Å². The summed E-state index contributed by atoms with van der Waals surface area (Å²) >= 11 is 0. The average molecular weight is 594 g/mol. The van der Waals surface area contributed by atoms with Crippen LogP contribution in [0.4, 0.5) is 11.5 Å². The molecule has 0 bridgehead atoms. The van der Waals surface area contributed by atoms with E-state index in [9.17, 15) is 9.59 Å². The zero-order valence-corrected chi connectivity index (χ0v) is 23.6. The van der Waals surface area contributed by atoms with Crippen LogP contribution in [0.25, 0.3) is 11.2 Å². The van der Waals surface area contributed by atoms with Gasteiger partial charge in [-0.15, -0.1) is 0 Å². The molecule has 1 amide bonds. The number of hydrogen-bond acceptors (Lipinski definition) is 10. The Morgan fingerprint density at radius 1 is 0.886 bits per heavy atom. The number of para-hydroxylation sites is 1. The minimum Gasteiger partial charge on any atom is -0.467 e. The SMILES string of the molecule is COc1nc(N(C(=O)c2ccccc2)c2ccccc2)c2ncn([C@@H]3O[C@H](COC(=O)c4ccccc4)[C@H]4OCO[C@H]43)c2n1. The van der Waals surface area contributed by atoms with Crippen LogP contribution in [0.2, 0.25) is 0 Å². The van der Waals surface area contributed by atoms with Crippen molar-refractivity contribution in [3.05, 3.63) is 108 Å². The van der Waals surface area contributed by atoms with Crippen LogP contribution in [0.15, 0.2) is 97.3 Å². The third kappa shape index (κ3) is 5.04. The summed E-state index contributed by atoms with van der Waals surface area (Å²) in [6.07, 6.45) is -0.810. The molecule has 44 heavy (non-hydrogen) atoms. The first-order chi connectivity index (χ1) is 21.6. The molecule has 0 aliphatic carbocycles. The third-order valence-corrected chi connectivity index (χ3v) is 7.48. The van der Waals surface area contributed by atoms with Crippen molar-refractivity contribution in [1.29, 1.82) is 0 Å². The lowest BCUT2D eigenvalue weighted by atomic mass is 10.1. The molecule has 12 nitrogen and oxygen atoms in total. The molecule has 0 N–H and O–H groups in total. The molecule has 4 atom stereocenters. The lowest BCUT2D eigenvalue weighted by Gasteiger charge is -2.23. The molecule has 2 aliphatic heterocycles. The van der Waals surface area contributed by atoms with Crippen molar-refractivity contribution in [1.82, 2.24) is 19.5 Å². The van der Waals surface area contributed by atoms with Crippen molar-refractivity contribution >= 4 is 34.5 Å². The highest BCUT2D eigenvalue weighted by Crippen LogP contribution is 2.40. The standard InChI is InChI=1S/C32H27N5O7/c1-40-32-34-27-24(28(35-32)37(22-15-9-4-10-16-22)29(38)20-11-5-2-6-12-20)33-18-36(27)30-26-25(42-19-43-26)23(44-30)17-41-31(39)21-13-7-3-8-14-21/h2-16,18,23,25-26,30H,17,19H2,1H3/t23-,25-,26-,30-/m1/s1. The summed E-state index contributed by atoms with van der Waals surface area (Å²) in [5.41, 5.74) is 2.19. The zero-order valence-electron chi connectivity index (χ0n) is 23.6. The van der Waals surface area contributed by atoms with Gasteiger partial charge in [0.1, 0.15) is 31.7 Å². The van der Waals surface area contributed by atoms with Crippen molar-refractivity contribution in [2.24, 2.45) is 0 Å². The number of imidazole rings is 1. The second-order valence-corrected chi connectivity index (χ2v) is 10.1. The Bertz CT molecular complexity index is 1780. The largest absolute Gasteiger partial charge is 0.467 e. The third-order valence-electron chi connectivity index (χ3n) is 7.48. The Balaban J connectivity index is 1.25. The van der Waals surface area contributed by atoms with Gasteiger partial charge >= 0.3 is 12.0 Å². The minimum absolute atomic E-state index is 0.0301. The summed E-state index contributed by atoms with van der Waals surface area (Å²) in [6, 6.07) is 26.8. The van der Waals surface area contributed by atoms with Gasteiger partial charge < -0.3 is 23.7 Å². The van der Waals surface area contributed by atoms with Crippen molar-refractivity contribution in [3.63, 3.8) is 0 Å². The van der Waals surface area contributed by atoms with Gasteiger partial charge in [0.2, 0.25) is 0 Å². The number of amides is 1. The second-order valence-electron chi connectivity index (χ2n) is 10.1. The Morgan fingerprint density at radius 2 is 1.55 bits per heavy atom. The molecular formula is C32H27N5O7. The summed E-state index contributed by atoms with van der Waals surface area (Å²) in [6.45, 7) is 0.0141. The van der Waals surface area contributed by atoms with Crippen LogP contribution >= 0.6 is 0 Å². The summed E-state index contributed by atoms with van der Waals surface area (Å²) in [5, 5.41) is 0. The molecule has 12 heteroatoms. The molecule has 2 fully saturated rings. The van der Waals surface area contributed by atoms with Crippen molar-refractivity contribution in [2.45, 2.75) is 24.5 Å². The molecule has 0 saturated carbocycles. The molecule has 7 rings (SSSR count). The number of hydrogen-bond donors (Lipinski definition) is 0. The van der Waals surface area contributed by atoms with E-state index in [1.807, 2.05) is 42.5 Å². The first kappa shape index (κ1) is 27.7. The number of fused-ring (bicyclic) bond motifs is 2. The van der Waals surface area contributed by atoms with Crippen LogP contribution in [-0.4, -0.2) is 70.2 Å². The van der Waals surface area contributed by atoms with Crippen LogP contribution in [0, 0.1) is 0 Å². The fourth-order valence-electron chi connectivity index (χ4n) is 5.40. The number of aromatic nitrogens is 4. The number of carbonyl (C=O) groups is 2. The van der Waals surface area contributed by atoms with Crippen LogP contribution in [0.3, 0.4) is 0 Å². The number of benzene rings is 3. The lowest BCUT2D eigenvalue weighted by molar-refractivity contribution is -0.109. The van der Waals surface area contributed by atoms with Crippen molar-refractivity contribution < 1.29 is 33.3 Å². The number of ether oxygens (including phenoxy) is 5. The molecular weight excluding hydrogens is 566 g/mol. The fourth-order valence-corrected chi connectivity index (χ4v) is 5.40. The molecule has 222 valence electrons. The van der Waals surface area contributed by atoms with Gasteiger partial charge in [0.15, 0.2) is 23.2 Å². The van der Waals surface area contributed by atoms with Crippen LogP contribution in [0.5, 0.6) is 6.01 Å². The predicted octanol–water partition coefficient (Wildman–Crippen LogP) is 4.31.